The number of aromatic nitrogens is 4. The van der Waals surface area contributed by atoms with Gasteiger partial charge in [0.2, 0.25) is 5.95 Å². The van der Waals surface area contributed by atoms with Crippen molar-refractivity contribution in [2.75, 3.05) is 30.4 Å². The lowest BCUT2D eigenvalue weighted by Gasteiger charge is -2.23. The van der Waals surface area contributed by atoms with E-state index in [0.717, 1.165) is 12.8 Å². The van der Waals surface area contributed by atoms with E-state index in [1.165, 1.54) is 6.20 Å². The zero-order valence-electron chi connectivity index (χ0n) is 13.3. The van der Waals surface area contributed by atoms with Gasteiger partial charge in [-0.1, -0.05) is 11.6 Å². The van der Waals surface area contributed by atoms with Gasteiger partial charge in [0.15, 0.2) is 5.15 Å². The summed E-state index contributed by atoms with van der Waals surface area (Å²) in [6.07, 6.45) is 4.91. The molecule has 0 spiro atoms. The predicted octanol–water partition coefficient (Wildman–Crippen LogP) is 2.73. The Kier molecular flexibility index (Phi) is 5.13. The molecule has 24 heavy (non-hydrogen) atoms. The quantitative estimate of drug-likeness (QED) is 0.857. The van der Waals surface area contributed by atoms with Gasteiger partial charge in [0.05, 0.1) is 24.1 Å². The van der Waals surface area contributed by atoms with E-state index in [-0.39, 0.29) is 6.04 Å². The Hall–Kier alpha value is -2.37. The molecule has 0 radical (unpaired) electrons. The molecular formula is C15H18ClN7O. The van der Waals surface area contributed by atoms with Gasteiger partial charge in [0.25, 0.3) is 0 Å². The first-order chi connectivity index (χ1) is 11.7. The summed E-state index contributed by atoms with van der Waals surface area (Å²) in [6, 6.07) is 2.30. The van der Waals surface area contributed by atoms with Gasteiger partial charge in [-0.15, -0.1) is 0 Å². The Morgan fingerprint density at radius 1 is 1.42 bits per heavy atom. The van der Waals surface area contributed by atoms with Gasteiger partial charge < -0.3 is 15.4 Å². The van der Waals surface area contributed by atoms with Crippen LogP contribution in [-0.4, -0.2) is 39.5 Å². The van der Waals surface area contributed by atoms with Crippen LogP contribution in [0.15, 0.2) is 12.4 Å². The molecule has 2 aromatic heterocycles. The first-order valence-electron chi connectivity index (χ1n) is 7.81. The van der Waals surface area contributed by atoms with Crippen molar-refractivity contribution in [3.8, 4) is 6.07 Å². The smallest absolute Gasteiger partial charge is 0.229 e. The van der Waals surface area contributed by atoms with E-state index in [4.69, 9.17) is 21.6 Å². The molecule has 0 saturated carbocycles. The Bertz CT molecular complexity index is 749. The molecule has 0 amide bonds. The normalized spacial score (nSPS) is 15.0. The van der Waals surface area contributed by atoms with Crippen molar-refractivity contribution < 1.29 is 4.74 Å². The maximum absolute atomic E-state index is 9.08. The van der Waals surface area contributed by atoms with Gasteiger partial charge >= 0.3 is 0 Å². The monoisotopic (exact) mass is 347 g/mol. The fourth-order valence-electron chi connectivity index (χ4n) is 2.56. The molecule has 1 aliphatic heterocycles. The van der Waals surface area contributed by atoms with Crippen molar-refractivity contribution in [3.63, 3.8) is 0 Å². The molecule has 0 atom stereocenters. The number of anilines is 3. The number of nitrogens with zero attached hydrogens (tertiary/aromatic N) is 5. The van der Waals surface area contributed by atoms with Crippen molar-refractivity contribution in [2.24, 2.45) is 0 Å². The van der Waals surface area contributed by atoms with E-state index in [1.54, 1.807) is 10.9 Å². The minimum Gasteiger partial charge on any atom is -0.381 e. The van der Waals surface area contributed by atoms with Gasteiger partial charge in [-0.25, -0.2) is 9.67 Å². The summed E-state index contributed by atoms with van der Waals surface area (Å²) < 4.78 is 7.18. The lowest BCUT2D eigenvalue weighted by molar-refractivity contribution is 0.0663. The molecule has 0 aliphatic carbocycles. The van der Waals surface area contributed by atoms with Gasteiger partial charge in [0.1, 0.15) is 17.5 Å². The van der Waals surface area contributed by atoms with E-state index in [1.807, 2.05) is 6.92 Å². The summed E-state index contributed by atoms with van der Waals surface area (Å²) in [5.74, 6) is 0.851. The summed E-state index contributed by atoms with van der Waals surface area (Å²) in [7, 11) is 0. The van der Waals surface area contributed by atoms with Crippen molar-refractivity contribution in [2.45, 2.75) is 25.8 Å². The highest BCUT2D eigenvalue weighted by Crippen LogP contribution is 2.30. The molecule has 0 unspecified atom stereocenters. The van der Waals surface area contributed by atoms with E-state index in [2.05, 4.69) is 31.8 Å². The minimum atomic E-state index is 0.237. The first-order valence-corrected chi connectivity index (χ1v) is 8.19. The molecule has 9 heteroatoms. The van der Waals surface area contributed by atoms with Crippen molar-refractivity contribution in [1.82, 2.24) is 19.7 Å². The first kappa shape index (κ1) is 16.5. The molecule has 2 N–H and O–H groups in total. The van der Waals surface area contributed by atoms with Crippen LogP contribution in [0.25, 0.3) is 0 Å². The zero-order valence-corrected chi connectivity index (χ0v) is 14.0. The van der Waals surface area contributed by atoms with Crippen LogP contribution in [0.5, 0.6) is 0 Å². The van der Waals surface area contributed by atoms with Crippen LogP contribution in [0.1, 0.15) is 31.4 Å². The maximum atomic E-state index is 9.08. The Morgan fingerprint density at radius 3 is 2.92 bits per heavy atom. The number of halogens is 1. The number of ether oxygens (including phenoxy) is 1. The van der Waals surface area contributed by atoms with Gasteiger partial charge in [-0.05, 0) is 19.8 Å². The molecule has 3 heterocycles. The Balaban J connectivity index is 1.80. The second kappa shape index (κ2) is 7.47. The molecule has 0 aromatic carbocycles. The number of hydrogen-bond acceptors (Lipinski definition) is 7. The highest BCUT2D eigenvalue weighted by atomic mass is 35.5. The molecule has 126 valence electrons. The molecule has 0 bridgehead atoms. The van der Waals surface area contributed by atoms with E-state index < -0.39 is 0 Å². The van der Waals surface area contributed by atoms with Gasteiger partial charge in [-0.2, -0.15) is 15.3 Å². The summed E-state index contributed by atoms with van der Waals surface area (Å²) in [5, 5.41) is 20.1. The van der Waals surface area contributed by atoms with E-state index >= 15 is 0 Å². The van der Waals surface area contributed by atoms with Crippen molar-refractivity contribution in [1.29, 1.82) is 5.26 Å². The third-order valence-electron chi connectivity index (χ3n) is 3.77. The average molecular weight is 348 g/mol. The summed E-state index contributed by atoms with van der Waals surface area (Å²) in [5.41, 5.74) is 1.03. The third kappa shape index (κ3) is 3.42. The molecular weight excluding hydrogens is 330 g/mol. The van der Waals surface area contributed by atoms with E-state index in [9.17, 15) is 0 Å². The van der Waals surface area contributed by atoms with Crippen LogP contribution >= 0.6 is 11.6 Å². The minimum absolute atomic E-state index is 0.237. The third-order valence-corrected chi connectivity index (χ3v) is 4.15. The lowest BCUT2D eigenvalue weighted by atomic mass is 10.1. The van der Waals surface area contributed by atoms with Gasteiger partial charge in [-0.3, -0.25) is 0 Å². The van der Waals surface area contributed by atoms with Crippen LogP contribution in [0, 0.1) is 11.3 Å². The Labute approximate surface area is 144 Å². The fourth-order valence-corrected chi connectivity index (χ4v) is 2.84. The number of rotatable bonds is 5. The van der Waals surface area contributed by atoms with Crippen molar-refractivity contribution >= 4 is 29.1 Å². The summed E-state index contributed by atoms with van der Waals surface area (Å²) in [6.45, 7) is 4.03. The second-order valence-electron chi connectivity index (χ2n) is 5.36. The second-order valence-corrected chi connectivity index (χ2v) is 5.72. The lowest BCUT2D eigenvalue weighted by Crippen LogP contribution is -2.20. The van der Waals surface area contributed by atoms with Crippen LogP contribution < -0.4 is 10.6 Å². The van der Waals surface area contributed by atoms with Crippen molar-refractivity contribution in [3.05, 3.63) is 23.1 Å². The maximum Gasteiger partial charge on any atom is 0.229 e. The molecule has 3 rings (SSSR count). The molecule has 8 nitrogen and oxygen atoms in total. The van der Waals surface area contributed by atoms with Crippen LogP contribution in [-0.2, 0) is 4.74 Å². The molecule has 1 aliphatic rings. The van der Waals surface area contributed by atoms with Crippen LogP contribution in [0.3, 0.4) is 0 Å². The van der Waals surface area contributed by atoms with Crippen LogP contribution in [0.4, 0.5) is 17.5 Å². The predicted molar refractivity (Wildman–Crippen MR) is 90.5 cm³/mol. The van der Waals surface area contributed by atoms with Crippen LogP contribution in [0.2, 0.25) is 5.15 Å². The molecule has 1 fully saturated rings. The zero-order chi connectivity index (χ0) is 16.9. The van der Waals surface area contributed by atoms with E-state index in [0.29, 0.717) is 47.9 Å². The SMILES string of the molecule is CCNc1nc(Nc2cnn(C3CCOCC3)c2Cl)ncc1C#N. The highest BCUT2D eigenvalue weighted by Gasteiger charge is 2.21. The largest absolute Gasteiger partial charge is 0.381 e. The highest BCUT2D eigenvalue weighted by molar-refractivity contribution is 6.32. The molecule has 1 saturated heterocycles. The molecule has 2 aromatic rings. The topological polar surface area (TPSA) is 101 Å². The number of nitrogens with one attached hydrogen (secondary N) is 2. The fraction of sp³-hybridized carbons (Fsp3) is 0.467. The standard InChI is InChI=1S/C15H18ClN7O/c1-2-18-14-10(7-17)8-19-15(22-14)21-12-9-20-23(13(12)16)11-3-5-24-6-4-11/h8-9,11H,2-6H2,1H3,(H2,18,19,21,22). The number of hydrogen-bond donors (Lipinski definition) is 2. The summed E-state index contributed by atoms with van der Waals surface area (Å²) >= 11 is 6.44. The average Bonchev–Trinajstić information content (AvgIpc) is 2.97. The summed E-state index contributed by atoms with van der Waals surface area (Å²) in [4.78, 5) is 8.47. The Morgan fingerprint density at radius 2 is 2.21 bits per heavy atom. The van der Waals surface area contributed by atoms with Gasteiger partial charge in [0, 0.05) is 19.8 Å². The number of nitriles is 1.